The van der Waals surface area contributed by atoms with E-state index < -0.39 is 0 Å². The first-order valence-electron chi connectivity index (χ1n) is 5.49. The highest BCUT2D eigenvalue weighted by Gasteiger charge is 2.66. The molecule has 0 aromatic heterocycles. The van der Waals surface area contributed by atoms with Gasteiger partial charge in [0.05, 0.1) is 0 Å². The molecular weight excluding hydrogens is 192 g/mol. The second-order valence-corrected chi connectivity index (χ2v) is 5.67. The summed E-state index contributed by atoms with van der Waals surface area (Å²) < 4.78 is 5.34. The molecule has 3 heteroatoms. The van der Waals surface area contributed by atoms with Crippen molar-refractivity contribution in [2.75, 3.05) is 0 Å². The quantitative estimate of drug-likeness (QED) is 0.621. The van der Waals surface area contributed by atoms with Crippen LogP contribution in [0.15, 0.2) is 0 Å². The Morgan fingerprint density at radius 1 is 1.40 bits per heavy atom. The molecule has 0 heterocycles. The summed E-state index contributed by atoms with van der Waals surface area (Å²) in [4.78, 5) is 22.8. The summed E-state index contributed by atoms with van der Waals surface area (Å²) >= 11 is 0. The lowest BCUT2D eigenvalue weighted by atomic mass is 9.70. The van der Waals surface area contributed by atoms with E-state index >= 15 is 0 Å². The number of fused-ring (bicyclic) bond motifs is 2. The molecule has 0 saturated heterocycles. The summed E-state index contributed by atoms with van der Waals surface area (Å²) in [5.74, 6) is 0.176. The highest BCUT2D eigenvalue weighted by Crippen LogP contribution is 2.64. The smallest absolute Gasteiger partial charge is 0.302 e. The van der Waals surface area contributed by atoms with Crippen molar-refractivity contribution in [1.29, 1.82) is 0 Å². The van der Waals surface area contributed by atoms with Crippen molar-refractivity contribution in [3.05, 3.63) is 0 Å². The summed E-state index contributed by atoms with van der Waals surface area (Å²) in [5.41, 5.74) is -0.204. The molecule has 0 aliphatic heterocycles. The zero-order valence-corrected chi connectivity index (χ0v) is 9.79. The number of carbonyl (C=O) groups excluding carboxylic acids is 2. The van der Waals surface area contributed by atoms with Gasteiger partial charge >= 0.3 is 5.97 Å². The average molecular weight is 210 g/mol. The van der Waals surface area contributed by atoms with Crippen molar-refractivity contribution in [2.24, 2.45) is 16.7 Å². The van der Waals surface area contributed by atoms with E-state index in [2.05, 4.69) is 20.8 Å². The third-order valence-electron chi connectivity index (χ3n) is 4.74. The lowest BCUT2D eigenvalue weighted by Crippen LogP contribution is -2.38. The number of hydrogen-bond donors (Lipinski definition) is 0. The molecule has 2 saturated carbocycles. The van der Waals surface area contributed by atoms with E-state index in [4.69, 9.17) is 4.74 Å². The molecule has 2 rings (SSSR count). The molecule has 3 atom stereocenters. The van der Waals surface area contributed by atoms with E-state index in [1.54, 1.807) is 0 Å². The first-order chi connectivity index (χ1) is 6.79. The Kier molecular flexibility index (Phi) is 2.01. The second kappa shape index (κ2) is 2.83. The second-order valence-electron chi connectivity index (χ2n) is 5.67. The molecule has 0 spiro atoms. The molecule has 0 aromatic carbocycles. The van der Waals surface area contributed by atoms with Crippen LogP contribution in [0.5, 0.6) is 0 Å². The minimum atomic E-state index is -0.239. The summed E-state index contributed by atoms with van der Waals surface area (Å²) in [6.45, 7) is 7.74. The van der Waals surface area contributed by atoms with Gasteiger partial charge in [-0.3, -0.25) is 9.59 Å². The van der Waals surface area contributed by atoms with Gasteiger partial charge in [0.2, 0.25) is 0 Å². The SMILES string of the molecule is CC(=O)O[C@H]1C[C@@H]2C(=O)C[C@@]1(C)C2(C)C. The first-order valence-corrected chi connectivity index (χ1v) is 5.49. The Morgan fingerprint density at radius 3 is 2.33 bits per heavy atom. The van der Waals surface area contributed by atoms with E-state index in [-0.39, 0.29) is 28.8 Å². The van der Waals surface area contributed by atoms with Gasteiger partial charge < -0.3 is 4.74 Å². The van der Waals surface area contributed by atoms with Gasteiger partial charge in [0, 0.05) is 24.7 Å². The van der Waals surface area contributed by atoms with Crippen LogP contribution in [0.4, 0.5) is 0 Å². The van der Waals surface area contributed by atoms with Crippen molar-refractivity contribution in [2.45, 2.75) is 46.6 Å². The highest BCUT2D eigenvalue weighted by molar-refractivity contribution is 5.87. The number of ketones is 1. The summed E-state index contributed by atoms with van der Waals surface area (Å²) in [5, 5.41) is 0. The van der Waals surface area contributed by atoms with Gasteiger partial charge in [-0.2, -0.15) is 0 Å². The third-order valence-corrected chi connectivity index (χ3v) is 4.74. The van der Waals surface area contributed by atoms with Crippen LogP contribution in [0.25, 0.3) is 0 Å². The molecule has 0 N–H and O–H groups in total. The molecule has 0 unspecified atom stereocenters. The molecule has 2 aliphatic carbocycles. The fourth-order valence-electron chi connectivity index (χ4n) is 3.32. The first kappa shape index (κ1) is 10.7. The van der Waals surface area contributed by atoms with Crippen molar-refractivity contribution in [3.8, 4) is 0 Å². The normalized spacial score (nSPS) is 42.0. The van der Waals surface area contributed by atoms with Crippen LogP contribution in [0.2, 0.25) is 0 Å². The van der Waals surface area contributed by atoms with E-state index in [1.807, 2.05) is 0 Å². The van der Waals surface area contributed by atoms with Crippen molar-refractivity contribution in [3.63, 3.8) is 0 Å². The number of hydrogen-bond acceptors (Lipinski definition) is 3. The van der Waals surface area contributed by atoms with Crippen LogP contribution < -0.4 is 0 Å². The van der Waals surface area contributed by atoms with Gasteiger partial charge in [0.1, 0.15) is 11.9 Å². The predicted molar refractivity (Wildman–Crippen MR) is 55.2 cm³/mol. The fraction of sp³-hybridized carbons (Fsp3) is 0.833. The highest BCUT2D eigenvalue weighted by atomic mass is 16.5. The van der Waals surface area contributed by atoms with Gasteiger partial charge in [-0.1, -0.05) is 20.8 Å². The van der Waals surface area contributed by atoms with Gasteiger partial charge in [-0.25, -0.2) is 0 Å². The number of carbonyl (C=O) groups is 2. The van der Waals surface area contributed by atoms with Crippen LogP contribution in [-0.2, 0) is 14.3 Å². The summed E-state index contributed by atoms with van der Waals surface area (Å²) in [7, 11) is 0. The van der Waals surface area contributed by atoms with E-state index in [0.717, 1.165) is 0 Å². The molecule has 2 bridgehead atoms. The van der Waals surface area contributed by atoms with Crippen LogP contribution >= 0.6 is 0 Å². The van der Waals surface area contributed by atoms with Crippen LogP contribution in [-0.4, -0.2) is 17.9 Å². The van der Waals surface area contributed by atoms with E-state index in [1.165, 1.54) is 6.92 Å². The molecular formula is C12H18O3. The minimum absolute atomic E-state index is 0.0375. The van der Waals surface area contributed by atoms with Crippen molar-refractivity contribution in [1.82, 2.24) is 0 Å². The number of ether oxygens (including phenoxy) is 1. The fourth-order valence-corrected chi connectivity index (χ4v) is 3.32. The van der Waals surface area contributed by atoms with E-state index in [0.29, 0.717) is 18.6 Å². The molecule has 0 amide bonds. The van der Waals surface area contributed by atoms with Gasteiger partial charge in [0.15, 0.2) is 0 Å². The topological polar surface area (TPSA) is 43.4 Å². The maximum atomic E-state index is 11.7. The molecule has 15 heavy (non-hydrogen) atoms. The Balaban J connectivity index is 2.30. The zero-order valence-electron chi connectivity index (χ0n) is 9.79. The zero-order chi connectivity index (χ0) is 11.4. The van der Waals surface area contributed by atoms with Gasteiger partial charge in [-0.05, 0) is 11.8 Å². The van der Waals surface area contributed by atoms with Crippen molar-refractivity contribution < 1.29 is 14.3 Å². The Hall–Kier alpha value is -0.860. The predicted octanol–water partition coefficient (Wildman–Crippen LogP) is 1.94. The standard InChI is InChI=1S/C12H18O3/c1-7(13)15-10-5-8-9(14)6-12(10,4)11(8,2)3/h8,10H,5-6H2,1-4H3/t8-,10+,12-/m1/s1. The average Bonchev–Trinajstić information content (AvgIpc) is 2.33. The van der Waals surface area contributed by atoms with Crippen LogP contribution in [0, 0.1) is 16.7 Å². The lowest BCUT2D eigenvalue weighted by Gasteiger charge is -2.37. The van der Waals surface area contributed by atoms with Gasteiger partial charge in [0.25, 0.3) is 0 Å². The molecule has 3 nitrogen and oxygen atoms in total. The number of esters is 1. The monoisotopic (exact) mass is 210 g/mol. The summed E-state index contributed by atoms with van der Waals surface area (Å²) in [6, 6.07) is 0. The Labute approximate surface area is 90.2 Å². The third kappa shape index (κ3) is 1.18. The van der Waals surface area contributed by atoms with Crippen LogP contribution in [0.3, 0.4) is 0 Å². The molecule has 84 valence electrons. The summed E-state index contributed by atoms with van der Waals surface area (Å²) in [6.07, 6.45) is 1.19. The number of Topliss-reactive ketones (excluding diaryl/α,β-unsaturated/α-hetero) is 1. The van der Waals surface area contributed by atoms with Gasteiger partial charge in [-0.15, -0.1) is 0 Å². The molecule has 2 fully saturated rings. The lowest BCUT2D eigenvalue weighted by molar-refractivity contribution is -0.155. The van der Waals surface area contributed by atoms with E-state index in [9.17, 15) is 9.59 Å². The minimum Gasteiger partial charge on any atom is -0.462 e. The molecule has 0 radical (unpaired) electrons. The molecule has 2 aliphatic rings. The maximum absolute atomic E-state index is 11.7. The Morgan fingerprint density at radius 2 is 2.00 bits per heavy atom. The van der Waals surface area contributed by atoms with Crippen molar-refractivity contribution >= 4 is 11.8 Å². The largest absolute Gasteiger partial charge is 0.462 e. The molecule has 0 aromatic rings. The Bertz CT molecular complexity index is 332. The number of rotatable bonds is 1. The van der Waals surface area contributed by atoms with Crippen LogP contribution in [0.1, 0.15) is 40.5 Å². The maximum Gasteiger partial charge on any atom is 0.302 e.